The van der Waals surface area contributed by atoms with E-state index < -0.39 is 5.41 Å². The molecule has 1 aliphatic heterocycles. The zero-order valence-corrected chi connectivity index (χ0v) is 11.9. The summed E-state index contributed by atoms with van der Waals surface area (Å²) in [5.41, 5.74) is 3.06. The van der Waals surface area contributed by atoms with E-state index in [1.807, 2.05) is 27.0 Å². The van der Waals surface area contributed by atoms with Gasteiger partial charge < -0.3 is 10.0 Å². The fraction of sp³-hybridized carbons (Fsp3) is 0.562. The summed E-state index contributed by atoms with van der Waals surface area (Å²) in [4.78, 5) is 14.0. The lowest BCUT2D eigenvalue weighted by Gasteiger charge is -2.17. The van der Waals surface area contributed by atoms with Crippen LogP contribution in [0.25, 0.3) is 0 Å². The molecule has 1 aromatic carbocycles. The Hall–Kier alpha value is -1.35. The smallest absolute Gasteiger partial charge is 0.236 e. The first-order valence-electron chi connectivity index (χ1n) is 6.92. The number of aliphatic hydroxyl groups excluding tert-OH is 1. The van der Waals surface area contributed by atoms with Gasteiger partial charge in [0.1, 0.15) is 0 Å². The Morgan fingerprint density at radius 2 is 2.00 bits per heavy atom. The molecule has 0 atom stereocenters. The Balaban J connectivity index is 1.97. The topological polar surface area (TPSA) is 40.5 Å². The number of likely N-dealkylation sites (N-methyl/N-ethyl adjacent to an activating group) is 1. The number of nitrogens with zero attached hydrogens (tertiary/aromatic N) is 1. The standard InChI is InChI=1S/C16H21NO2/c1-15(2)12-8-11(9-16(10-18)6-7-16)4-5-13(12)17(3)14(15)19/h4-5,8,18H,6-7,9-10H2,1-3H3. The third kappa shape index (κ3) is 1.79. The van der Waals surface area contributed by atoms with Crippen molar-refractivity contribution in [3.8, 4) is 0 Å². The Morgan fingerprint density at radius 3 is 2.58 bits per heavy atom. The Bertz CT molecular complexity index is 544. The number of rotatable bonds is 3. The van der Waals surface area contributed by atoms with E-state index in [1.54, 1.807) is 4.90 Å². The average Bonchev–Trinajstić information content (AvgIpc) is 3.14. The van der Waals surface area contributed by atoms with Crippen molar-refractivity contribution in [1.82, 2.24) is 0 Å². The van der Waals surface area contributed by atoms with Gasteiger partial charge in [-0.2, -0.15) is 0 Å². The fourth-order valence-electron chi connectivity index (χ4n) is 3.13. The second kappa shape index (κ2) is 3.83. The Kier molecular flexibility index (Phi) is 2.55. The monoisotopic (exact) mass is 259 g/mol. The van der Waals surface area contributed by atoms with Gasteiger partial charge in [-0.15, -0.1) is 0 Å². The first kappa shape index (κ1) is 12.7. The maximum absolute atomic E-state index is 12.2. The first-order chi connectivity index (χ1) is 8.89. The van der Waals surface area contributed by atoms with Crippen LogP contribution in [0.2, 0.25) is 0 Å². The Labute approximate surface area is 114 Å². The van der Waals surface area contributed by atoms with Crippen LogP contribution in [0.5, 0.6) is 0 Å². The molecule has 1 fully saturated rings. The number of fused-ring (bicyclic) bond motifs is 1. The normalized spacial score (nSPS) is 22.5. The molecule has 1 amide bonds. The lowest BCUT2D eigenvalue weighted by atomic mass is 9.84. The largest absolute Gasteiger partial charge is 0.396 e. The third-order valence-corrected chi connectivity index (χ3v) is 4.81. The van der Waals surface area contributed by atoms with E-state index in [0.717, 1.165) is 30.5 Å². The van der Waals surface area contributed by atoms with Crippen molar-refractivity contribution in [1.29, 1.82) is 0 Å². The number of hydrogen-bond acceptors (Lipinski definition) is 2. The molecule has 1 heterocycles. The minimum atomic E-state index is -0.435. The zero-order chi connectivity index (χ0) is 13.8. The molecule has 0 radical (unpaired) electrons. The molecule has 1 aliphatic carbocycles. The third-order valence-electron chi connectivity index (χ3n) is 4.81. The molecule has 102 valence electrons. The van der Waals surface area contributed by atoms with E-state index in [9.17, 15) is 9.90 Å². The number of carbonyl (C=O) groups excluding carboxylic acids is 1. The van der Waals surface area contributed by atoms with Gasteiger partial charge in [-0.3, -0.25) is 4.79 Å². The zero-order valence-electron chi connectivity index (χ0n) is 11.9. The van der Waals surface area contributed by atoms with Crippen molar-refractivity contribution in [3.05, 3.63) is 29.3 Å². The van der Waals surface area contributed by atoms with Gasteiger partial charge in [0.2, 0.25) is 5.91 Å². The molecule has 3 rings (SSSR count). The van der Waals surface area contributed by atoms with Crippen LogP contribution in [0.1, 0.15) is 37.8 Å². The molecule has 0 spiro atoms. The van der Waals surface area contributed by atoms with Gasteiger partial charge in [-0.25, -0.2) is 0 Å². The van der Waals surface area contributed by atoms with E-state index in [0.29, 0.717) is 0 Å². The number of carbonyl (C=O) groups is 1. The van der Waals surface area contributed by atoms with Crippen molar-refractivity contribution in [2.45, 2.75) is 38.5 Å². The number of aliphatic hydroxyl groups is 1. The maximum Gasteiger partial charge on any atom is 0.236 e. The van der Waals surface area contributed by atoms with E-state index >= 15 is 0 Å². The lowest BCUT2D eigenvalue weighted by Crippen LogP contribution is -2.33. The van der Waals surface area contributed by atoms with Crippen LogP contribution in [0, 0.1) is 5.41 Å². The van der Waals surface area contributed by atoms with E-state index in [1.165, 1.54) is 5.56 Å². The van der Waals surface area contributed by atoms with Crippen LogP contribution in [0.4, 0.5) is 5.69 Å². The number of benzene rings is 1. The van der Waals surface area contributed by atoms with Crippen molar-refractivity contribution in [2.75, 3.05) is 18.6 Å². The molecule has 19 heavy (non-hydrogen) atoms. The van der Waals surface area contributed by atoms with Crippen molar-refractivity contribution in [2.24, 2.45) is 5.41 Å². The maximum atomic E-state index is 12.2. The highest BCUT2D eigenvalue weighted by Crippen LogP contribution is 2.49. The van der Waals surface area contributed by atoms with Gasteiger partial charge in [-0.05, 0) is 55.7 Å². The summed E-state index contributed by atoms with van der Waals surface area (Å²) >= 11 is 0. The quantitative estimate of drug-likeness (QED) is 0.904. The van der Waals surface area contributed by atoms with Crippen LogP contribution in [0.3, 0.4) is 0 Å². The van der Waals surface area contributed by atoms with Gasteiger partial charge in [0, 0.05) is 19.3 Å². The molecule has 3 heteroatoms. The highest BCUT2D eigenvalue weighted by molar-refractivity contribution is 6.07. The van der Waals surface area contributed by atoms with Crippen molar-refractivity contribution in [3.63, 3.8) is 0 Å². The van der Waals surface area contributed by atoms with Crippen LogP contribution in [-0.2, 0) is 16.6 Å². The first-order valence-corrected chi connectivity index (χ1v) is 6.92. The predicted molar refractivity (Wildman–Crippen MR) is 75.3 cm³/mol. The van der Waals surface area contributed by atoms with Gasteiger partial charge >= 0.3 is 0 Å². The van der Waals surface area contributed by atoms with E-state index in [4.69, 9.17) is 0 Å². The summed E-state index contributed by atoms with van der Waals surface area (Å²) in [5, 5.41) is 9.44. The molecular formula is C16H21NO2. The molecule has 0 aromatic heterocycles. The molecule has 3 nitrogen and oxygen atoms in total. The number of hydrogen-bond donors (Lipinski definition) is 1. The summed E-state index contributed by atoms with van der Waals surface area (Å²) in [5.74, 6) is 0.156. The summed E-state index contributed by atoms with van der Waals surface area (Å²) < 4.78 is 0. The minimum Gasteiger partial charge on any atom is -0.396 e. The van der Waals surface area contributed by atoms with E-state index in [-0.39, 0.29) is 17.9 Å². The molecule has 2 aliphatic rings. The van der Waals surface area contributed by atoms with Gasteiger partial charge in [0.05, 0.1) is 5.41 Å². The van der Waals surface area contributed by atoms with Crippen molar-refractivity contribution < 1.29 is 9.90 Å². The SMILES string of the molecule is CN1C(=O)C(C)(C)c2cc(CC3(CO)CC3)ccc21. The van der Waals surface area contributed by atoms with Crippen LogP contribution in [-0.4, -0.2) is 24.7 Å². The van der Waals surface area contributed by atoms with Crippen LogP contribution in [0.15, 0.2) is 18.2 Å². The molecule has 1 saturated carbocycles. The van der Waals surface area contributed by atoms with Gasteiger partial charge in [-0.1, -0.05) is 12.1 Å². The fourth-order valence-corrected chi connectivity index (χ4v) is 3.13. The lowest BCUT2D eigenvalue weighted by molar-refractivity contribution is -0.121. The van der Waals surface area contributed by atoms with Gasteiger partial charge in [0.15, 0.2) is 0 Å². The van der Waals surface area contributed by atoms with E-state index in [2.05, 4.69) is 12.1 Å². The Morgan fingerprint density at radius 1 is 1.32 bits per heavy atom. The highest BCUT2D eigenvalue weighted by atomic mass is 16.3. The summed E-state index contributed by atoms with van der Waals surface area (Å²) in [6, 6.07) is 6.30. The summed E-state index contributed by atoms with van der Waals surface area (Å²) in [6.07, 6.45) is 3.15. The second-order valence-electron chi connectivity index (χ2n) is 6.68. The van der Waals surface area contributed by atoms with Crippen LogP contribution >= 0.6 is 0 Å². The minimum absolute atomic E-state index is 0.118. The second-order valence-corrected chi connectivity index (χ2v) is 6.68. The molecule has 0 bridgehead atoms. The van der Waals surface area contributed by atoms with Gasteiger partial charge in [0.25, 0.3) is 0 Å². The summed E-state index contributed by atoms with van der Waals surface area (Å²) in [7, 11) is 1.84. The average molecular weight is 259 g/mol. The van der Waals surface area contributed by atoms with Crippen LogP contribution < -0.4 is 4.90 Å². The summed E-state index contributed by atoms with van der Waals surface area (Å²) in [6.45, 7) is 4.24. The number of anilines is 1. The molecule has 0 saturated heterocycles. The predicted octanol–water partition coefficient (Wildman–Crippen LogP) is 2.26. The highest BCUT2D eigenvalue weighted by Gasteiger charge is 2.44. The molecular weight excluding hydrogens is 238 g/mol. The number of amides is 1. The molecule has 1 N–H and O–H groups in total. The molecule has 1 aromatic rings. The van der Waals surface area contributed by atoms with Crippen molar-refractivity contribution >= 4 is 11.6 Å². The molecule has 0 unspecified atom stereocenters.